The van der Waals surface area contributed by atoms with Crippen molar-refractivity contribution >= 4 is 104 Å². The van der Waals surface area contributed by atoms with Crippen LogP contribution in [0.15, 0.2) is 93.5 Å². The fraction of sp³-hybridized carbons (Fsp3) is 0.364. The largest absolute Gasteiger partial charge is 0.482 e. The lowest BCUT2D eigenvalue weighted by molar-refractivity contribution is -0.146. The number of hydrogen-bond acceptors (Lipinski definition) is 19. The number of thiol groups is 1. The fourth-order valence-electron chi connectivity index (χ4n) is 4.74. The van der Waals surface area contributed by atoms with Crippen molar-refractivity contribution in [3.05, 3.63) is 101 Å². The van der Waals surface area contributed by atoms with Crippen molar-refractivity contribution in [1.29, 1.82) is 0 Å². The standard InChI is InChI=1S/2C11H13ClO5S.C11H14O3S.C11H14O3.BH4.ClHO3S/c2*1-3-16-11(13)7-17-10-5-4-9(6-8(10)2)18(12,14)15;1-3-13-11(12)7-14-10-5-4-9(15)6-8(10)2;1-3-13-11(12)8-14-10-7-5-4-6-9(10)2;;1-5(2,3)4/h2*4-6H,3,7H2,1-2H3;4-6,15H,3,7H2,1-2H3;4-7H,3,8H2,1-2H3;1H4;(H,2,3,4)/q;;;;-1;. The van der Waals surface area contributed by atoms with Crippen molar-refractivity contribution < 1.29 is 86.9 Å². The van der Waals surface area contributed by atoms with Gasteiger partial charge in [0.25, 0.3) is 18.1 Å². The molecule has 0 saturated carbocycles. The van der Waals surface area contributed by atoms with Crippen LogP contribution in [0.25, 0.3) is 0 Å². The molecule has 0 aliphatic heterocycles. The lowest BCUT2D eigenvalue weighted by Crippen LogP contribution is -2.15. The summed E-state index contributed by atoms with van der Waals surface area (Å²) < 4.78 is 109. The van der Waals surface area contributed by atoms with Gasteiger partial charge in [-0.25, -0.2) is 36.0 Å². The third-order valence-corrected chi connectivity index (χ3v) is 10.7. The molecule has 4 rings (SSSR count). The molecule has 0 bridgehead atoms. The van der Waals surface area contributed by atoms with E-state index in [4.69, 9.17) is 72.2 Å². The van der Waals surface area contributed by atoms with Crippen LogP contribution in [-0.2, 0) is 65.6 Å². The predicted octanol–water partition coefficient (Wildman–Crippen LogP) is 6.47. The Labute approximate surface area is 435 Å². The first-order valence-corrected chi connectivity index (χ1v) is 27.7. The number of rotatable bonds is 18. The lowest BCUT2D eigenvalue weighted by atomic mass is 10.2. The van der Waals surface area contributed by atoms with Gasteiger partial charge in [-0.1, -0.05) is 26.6 Å². The Balaban J connectivity index is 0. The minimum Gasteiger partial charge on any atom is -0.482 e. The highest BCUT2D eigenvalue weighted by Gasteiger charge is 2.14. The Kier molecular flexibility index (Phi) is 33.8. The molecule has 0 unspecified atom stereocenters. The van der Waals surface area contributed by atoms with E-state index in [9.17, 15) is 36.0 Å². The Bertz CT molecular complexity index is 2550. The minimum absolute atomic E-state index is 0. The van der Waals surface area contributed by atoms with Crippen LogP contribution in [0.2, 0.25) is 0 Å². The first-order chi connectivity index (χ1) is 32.5. The van der Waals surface area contributed by atoms with Gasteiger partial charge in [-0.2, -0.15) is 8.42 Å². The average molecular weight is 1140 g/mol. The molecule has 4 aromatic carbocycles. The summed E-state index contributed by atoms with van der Waals surface area (Å²) in [5.41, 5.74) is 3.10. The Hall–Kier alpha value is -4.95. The summed E-state index contributed by atoms with van der Waals surface area (Å²) in [6.07, 6.45) is 0. The van der Waals surface area contributed by atoms with Crippen molar-refractivity contribution in [2.24, 2.45) is 0 Å². The molecule has 0 saturated heterocycles. The number of ether oxygens (including phenoxy) is 8. The van der Waals surface area contributed by atoms with E-state index >= 15 is 0 Å². The second-order valence-electron chi connectivity index (χ2n) is 13.2. The van der Waals surface area contributed by atoms with Gasteiger partial charge in [-0.3, -0.25) is 4.55 Å². The van der Waals surface area contributed by atoms with Crippen LogP contribution in [0, 0.1) is 27.7 Å². The van der Waals surface area contributed by atoms with Gasteiger partial charge in [0.1, 0.15) is 23.0 Å². The average Bonchev–Trinajstić information content (AvgIpc) is 3.25. The van der Waals surface area contributed by atoms with Crippen LogP contribution >= 0.6 is 44.7 Å². The maximum absolute atomic E-state index is 11.1. The van der Waals surface area contributed by atoms with Crippen molar-refractivity contribution in [3.8, 4) is 23.0 Å². The second kappa shape index (κ2) is 35.2. The summed E-state index contributed by atoms with van der Waals surface area (Å²) >= 11 is 4.20. The number of hydrogen-bond donors (Lipinski definition) is 2. The van der Waals surface area contributed by atoms with E-state index in [0.717, 1.165) is 21.8 Å². The van der Waals surface area contributed by atoms with Gasteiger partial charge in [0.05, 0.1) is 36.2 Å². The van der Waals surface area contributed by atoms with Crippen LogP contribution in [0.1, 0.15) is 49.9 Å². The minimum atomic E-state index is -4.19. The van der Waals surface area contributed by atoms with Gasteiger partial charge in [-0.15, -0.1) is 12.6 Å². The van der Waals surface area contributed by atoms with Gasteiger partial charge in [-0.05, 0) is 138 Å². The Morgan fingerprint density at radius 3 is 0.986 bits per heavy atom. The summed E-state index contributed by atoms with van der Waals surface area (Å²) in [6, 6.07) is 21.3. The number of para-hydroxylation sites is 1. The topological polar surface area (TPSA) is 265 Å². The molecule has 0 amide bonds. The van der Waals surface area contributed by atoms with Crippen LogP contribution in [0.3, 0.4) is 0 Å². The van der Waals surface area contributed by atoms with E-state index in [-0.39, 0.29) is 69.8 Å². The summed E-state index contributed by atoms with van der Waals surface area (Å²) in [6.45, 7) is 14.9. The van der Waals surface area contributed by atoms with Crippen molar-refractivity contribution in [3.63, 3.8) is 0 Å². The number of halogens is 3. The zero-order chi connectivity index (χ0) is 53.7. The van der Waals surface area contributed by atoms with Gasteiger partial charge < -0.3 is 37.9 Å². The molecule has 0 aliphatic rings. The zero-order valence-corrected chi connectivity index (χ0v) is 44.9. The Morgan fingerprint density at radius 1 is 0.465 bits per heavy atom. The maximum Gasteiger partial charge on any atom is 0.353 e. The van der Waals surface area contributed by atoms with E-state index in [1.165, 1.54) is 36.4 Å². The molecular weight excluding hydrogens is 1080 g/mol. The fourth-order valence-corrected chi connectivity index (χ4v) is 6.68. The highest BCUT2D eigenvalue weighted by atomic mass is 35.7. The number of benzene rings is 4. The van der Waals surface area contributed by atoms with E-state index in [1.54, 1.807) is 47.6 Å². The third kappa shape index (κ3) is 32.6. The van der Waals surface area contributed by atoms with Gasteiger partial charge in [0.2, 0.25) is 0 Å². The maximum atomic E-state index is 11.1. The highest BCUT2D eigenvalue weighted by molar-refractivity contribution is 8.14. The van der Waals surface area contributed by atoms with Gasteiger partial charge >= 0.3 is 33.2 Å². The molecule has 0 atom stereocenters. The monoisotopic (exact) mass is 1140 g/mol. The molecule has 71 heavy (non-hydrogen) atoms. The van der Waals surface area contributed by atoms with E-state index < -0.39 is 39.4 Å². The van der Waals surface area contributed by atoms with Crippen molar-refractivity contribution in [2.45, 2.75) is 70.1 Å². The van der Waals surface area contributed by atoms with Gasteiger partial charge in [0.15, 0.2) is 26.4 Å². The normalized spacial score (nSPS) is 10.4. The molecule has 0 aromatic heterocycles. The van der Waals surface area contributed by atoms with Crippen molar-refractivity contribution in [2.75, 3.05) is 52.9 Å². The summed E-state index contributed by atoms with van der Waals surface area (Å²) in [4.78, 5) is 45.0. The zero-order valence-electron chi connectivity index (χ0n) is 39.3. The summed E-state index contributed by atoms with van der Waals surface area (Å²) in [5, 5.41) is 0. The molecule has 0 heterocycles. The molecule has 0 radical (unpaired) electrons. The molecule has 0 aliphatic carbocycles. The quantitative estimate of drug-likeness (QED) is 0.0270. The molecular formula is C44H59BCl3O19S4-. The van der Waals surface area contributed by atoms with E-state index in [1.807, 2.05) is 50.2 Å². The third-order valence-electron chi connectivity index (χ3n) is 7.71. The lowest BCUT2D eigenvalue weighted by Gasteiger charge is -2.09. The summed E-state index contributed by atoms with van der Waals surface area (Å²) in [5.74, 6) is 0.570. The molecule has 1 N–H and O–H groups in total. The molecule has 19 nitrogen and oxygen atoms in total. The van der Waals surface area contributed by atoms with Crippen LogP contribution in [0.4, 0.5) is 0 Å². The van der Waals surface area contributed by atoms with Crippen LogP contribution in [0.5, 0.6) is 23.0 Å². The first-order valence-electron chi connectivity index (χ1n) is 20.3. The van der Waals surface area contributed by atoms with Crippen LogP contribution in [-0.4, -0.2) is 115 Å². The van der Waals surface area contributed by atoms with Gasteiger partial charge in [0, 0.05) is 36.9 Å². The predicted molar refractivity (Wildman–Crippen MR) is 275 cm³/mol. The molecule has 0 spiro atoms. The molecule has 0 fully saturated rings. The molecule has 4 aromatic rings. The Morgan fingerprint density at radius 2 is 0.732 bits per heavy atom. The smallest absolute Gasteiger partial charge is 0.353 e. The highest BCUT2D eigenvalue weighted by Crippen LogP contribution is 2.25. The number of carbonyl (C=O) groups excluding carboxylic acids is 4. The number of esters is 4. The van der Waals surface area contributed by atoms with E-state index in [0.29, 0.717) is 41.6 Å². The first kappa shape index (κ1) is 68.1. The second-order valence-corrected chi connectivity index (χ2v) is 20.9. The SMILES string of the molecule is CCOC(=O)COc1ccc(S(=O)(=O)Cl)cc1C.CCOC(=O)COc1ccc(S(=O)(=O)Cl)cc1C.CCOC(=O)COc1ccc(S)cc1C.CCOC(=O)COc1ccccc1C.O=S(=O)(O)Cl.[BH4-]. The summed E-state index contributed by atoms with van der Waals surface area (Å²) in [7, 11) is 2.77. The molecule has 27 heteroatoms. The number of carbonyl (C=O) groups is 4. The van der Waals surface area contributed by atoms with Crippen LogP contribution < -0.4 is 18.9 Å². The van der Waals surface area contributed by atoms with E-state index in [2.05, 4.69) is 23.3 Å². The number of aryl methyl sites for hydroxylation is 4. The van der Waals surface area contributed by atoms with Crippen molar-refractivity contribution in [1.82, 2.24) is 0 Å². The molecule has 398 valence electrons.